The van der Waals surface area contributed by atoms with Crippen LogP contribution in [0.3, 0.4) is 0 Å². The second-order valence-corrected chi connectivity index (χ2v) is 7.15. The van der Waals surface area contributed by atoms with E-state index in [0.29, 0.717) is 0 Å². The molecule has 1 atom stereocenters. The molecule has 2 rings (SSSR count). The minimum absolute atomic E-state index is 0.0189. The Kier molecular flexibility index (Phi) is 7.21. The fourth-order valence-corrected chi connectivity index (χ4v) is 3.14. The molecule has 3 heteroatoms. The molecule has 0 aliphatic rings. The van der Waals surface area contributed by atoms with Crippen molar-refractivity contribution in [3.8, 4) is 0 Å². The molecule has 23 heavy (non-hydrogen) atoms. The molecule has 0 aliphatic heterocycles. The minimum atomic E-state index is -0.0189. The maximum atomic E-state index is 12.1. The van der Waals surface area contributed by atoms with Crippen LogP contribution in [0.1, 0.15) is 30.0 Å². The lowest BCUT2D eigenvalue weighted by Gasteiger charge is -2.12. The fraction of sp³-hybridized carbons (Fsp3) is 0.350. The molecule has 2 nitrogen and oxygen atoms in total. The number of thioether (sulfide) groups is 1. The first-order valence-electron chi connectivity index (χ1n) is 8.14. The van der Waals surface area contributed by atoms with Gasteiger partial charge in [-0.15, -0.1) is 11.8 Å². The lowest BCUT2D eigenvalue weighted by molar-refractivity contribution is -0.120. The molecule has 0 fully saturated rings. The van der Waals surface area contributed by atoms with E-state index in [9.17, 15) is 4.79 Å². The molecule has 0 aliphatic carbocycles. The van der Waals surface area contributed by atoms with Crippen LogP contribution in [0.4, 0.5) is 0 Å². The van der Waals surface area contributed by atoms with Crippen LogP contribution in [0.2, 0.25) is 0 Å². The van der Waals surface area contributed by atoms with Gasteiger partial charge in [0.15, 0.2) is 0 Å². The number of hydrogen-bond donors (Lipinski definition) is 1. The van der Waals surface area contributed by atoms with Crippen LogP contribution in [0.5, 0.6) is 0 Å². The van der Waals surface area contributed by atoms with E-state index in [1.165, 1.54) is 16.7 Å². The van der Waals surface area contributed by atoms with Crippen molar-refractivity contribution in [2.75, 3.05) is 6.54 Å². The van der Waals surface area contributed by atoms with Gasteiger partial charge in [-0.1, -0.05) is 60.2 Å². The zero-order valence-electron chi connectivity index (χ0n) is 13.9. The Bertz CT molecular complexity index is 595. The topological polar surface area (TPSA) is 29.1 Å². The first-order chi connectivity index (χ1) is 11.1. The Morgan fingerprint density at radius 1 is 1.04 bits per heavy atom. The Morgan fingerprint density at radius 2 is 1.74 bits per heavy atom. The molecule has 122 valence electrons. The zero-order chi connectivity index (χ0) is 16.5. The molecular weight excluding hydrogens is 302 g/mol. The summed E-state index contributed by atoms with van der Waals surface area (Å²) < 4.78 is 0. The maximum Gasteiger partial charge on any atom is 0.232 e. The van der Waals surface area contributed by atoms with Gasteiger partial charge in [-0.25, -0.2) is 0 Å². The minimum Gasteiger partial charge on any atom is -0.355 e. The predicted molar refractivity (Wildman–Crippen MR) is 99.7 cm³/mol. The van der Waals surface area contributed by atoms with E-state index in [1.54, 1.807) is 11.8 Å². The summed E-state index contributed by atoms with van der Waals surface area (Å²) >= 11 is 1.68. The van der Waals surface area contributed by atoms with E-state index in [2.05, 4.69) is 48.6 Å². The quantitative estimate of drug-likeness (QED) is 0.730. The van der Waals surface area contributed by atoms with Gasteiger partial charge in [0.05, 0.1) is 5.25 Å². The van der Waals surface area contributed by atoms with Crippen molar-refractivity contribution >= 4 is 17.7 Å². The van der Waals surface area contributed by atoms with Crippen molar-refractivity contribution in [1.29, 1.82) is 0 Å². The average molecular weight is 327 g/mol. The highest BCUT2D eigenvalue weighted by Crippen LogP contribution is 2.17. The summed E-state index contributed by atoms with van der Waals surface area (Å²) in [7, 11) is 0. The molecule has 0 saturated heterocycles. The third-order valence-corrected chi connectivity index (χ3v) is 4.99. The molecule has 1 N–H and O–H groups in total. The molecule has 0 radical (unpaired) electrons. The van der Waals surface area contributed by atoms with Gasteiger partial charge in [-0.05, 0) is 37.8 Å². The summed E-state index contributed by atoms with van der Waals surface area (Å²) in [6, 6.07) is 18.9. The Labute approximate surface area is 143 Å². The van der Waals surface area contributed by atoms with Crippen molar-refractivity contribution in [3.05, 3.63) is 71.3 Å². The second-order valence-electron chi connectivity index (χ2n) is 5.82. The van der Waals surface area contributed by atoms with Crippen LogP contribution >= 0.6 is 11.8 Å². The Hall–Kier alpha value is -1.74. The Balaban J connectivity index is 1.63. The molecule has 0 spiro atoms. The summed E-state index contributed by atoms with van der Waals surface area (Å²) in [5.74, 6) is 1.01. The van der Waals surface area contributed by atoms with E-state index in [-0.39, 0.29) is 11.2 Å². The van der Waals surface area contributed by atoms with E-state index in [4.69, 9.17) is 0 Å². The van der Waals surface area contributed by atoms with Crippen molar-refractivity contribution < 1.29 is 4.79 Å². The van der Waals surface area contributed by atoms with Crippen LogP contribution in [-0.2, 0) is 17.0 Å². The van der Waals surface area contributed by atoms with Crippen molar-refractivity contribution in [1.82, 2.24) is 5.32 Å². The Morgan fingerprint density at radius 3 is 2.43 bits per heavy atom. The molecular formula is C20H25NOS. The monoisotopic (exact) mass is 327 g/mol. The standard InChI is InChI=1S/C20H25NOS/c1-16-10-12-18(13-11-16)9-6-14-21-20(22)17(2)23-15-19-7-4-3-5-8-19/h3-5,7-8,10-13,17H,6,9,14-15H2,1-2H3,(H,21,22)/t17-/m1/s1. The number of aryl methyl sites for hydroxylation is 2. The third kappa shape index (κ3) is 6.49. The number of rotatable bonds is 8. The van der Waals surface area contributed by atoms with Gasteiger partial charge < -0.3 is 5.32 Å². The number of benzene rings is 2. The smallest absolute Gasteiger partial charge is 0.232 e. The highest BCUT2D eigenvalue weighted by Gasteiger charge is 2.12. The highest BCUT2D eigenvalue weighted by molar-refractivity contribution is 7.99. The molecule has 0 bridgehead atoms. The maximum absolute atomic E-state index is 12.1. The van der Waals surface area contributed by atoms with Crippen LogP contribution in [-0.4, -0.2) is 17.7 Å². The summed E-state index contributed by atoms with van der Waals surface area (Å²) in [5, 5.41) is 3.02. The highest BCUT2D eigenvalue weighted by atomic mass is 32.2. The van der Waals surface area contributed by atoms with E-state index in [1.807, 2.05) is 25.1 Å². The number of hydrogen-bond acceptors (Lipinski definition) is 2. The number of carbonyl (C=O) groups is 1. The molecule has 2 aromatic rings. The predicted octanol–water partition coefficient (Wildman–Crippen LogP) is 4.37. The van der Waals surface area contributed by atoms with Crippen LogP contribution in [0, 0.1) is 6.92 Å². The first kappa shape index (κ1) is 17.6. The van der Waals surface area contributed by atoms with E-state index in [0.717, 1.165) is 25.1 Å². The van der Waals surface area contributed by atoms with E-state index >= 15 is 0 Å². The van der Waals surface area contributed by atoms with Gasteiger partial charge in [0.2, 0.25) is 5.91 Å². The van der Waals surface area contributed by atoms with Gasteiger partial charge in [0.25, 0.3) is 0 Å². The average Bonchev–Trinajstić information content (AvgIpc) is 2.59. The number of nitrogens with one attached hydrogen (secondary N) is 1. The van der Waals surface area contributed by atoms with Crippen molar-refractivity contribution in [2.24, 2.45) is 0 Å². The largest absolute Gasteiger partial charge is 0.355 e. The normalized spacial score (nSPS) is 11.9. The van der Waals surface area contributed by atoms with Crippen molar-refractivity contribution in [2.45, 2.75) is 37.7 Å². The van der Waals surface area contributed by atoms with Gasteiger partial charge in [0, 0.05) is 12.3 Å². The third-order valence-electron chi connectivity index (χ3n) is 3.77. The SMILES string of the molecule is Cc1ccc(CCCNC(=O)[C@@H](C)SCc2ccccc2)cc1. The van der Waals surface area contributed by atoms with Crippen molar-refractivity contribution in [3.63, 3.8) is 0 Å². The van der Waals surface area contributed by atoms with Gasteiger partial charge >= 0.3 is 0 Å². The second kappa shape index (κ2) is 9.41. The lowest BCUT2D eigenvalue weighted by Crippen LogP contribution is -2.31. The first-order valence-corrected chi connectivity index (χ1v) is 9.19. The summed E-state index contributed by atoms with van der Waals surface area (Å²) in [5.41, 5.74) is 3.87. The number of amides is 1. The zero-order valence-corrected chi connectivity index (χ0v) is 14.7. The van der Waals surface area contributed by atoms with Gasteiger partial charge in [-0.2, -0.15) is 0 Å². The van der Waals surface area contributed by atoms with E-state index < -0.39 is 0 Å². The summed E-state index contributed by atoms with van der Waals surface area (Å²) in [6.07, 6.45) is 1.98. The summed E-state index contributed by atoms with van der Waals surface area (Å²) in [6.45, 7) is 4.81. The lowest BCUT2D eigenvalue weighted by atomic mass is 10.1. The molecule has 0 saturated carbocycles. The fourth-order valence-electron chi connectivity index (χ4n) is 2.27. The van der Waals surface area contributed by atoms with Crippen LogP contribution in [0.25, 0.3) is 0 Å². The van der Waals surface area contributed by atoms with Crippen LogP contribution < -0.4 is 5.32 Å². The molecule has 0 heterocycles. The molecule has 2 aromatic carbocycles. The summed E-state index contributed by atoms with van der Waals surface area (Å²) in [4.78, 5) is 12.1. The number of carbonyl (C=O) groups excluding carboxylic acids is 1. The van der Waals surface area contributed by atoms with Crippen LogP contribution in [0.15, 0.2) is 54.6 Å². The van der Waals surface area contributed by atoms with Gasteiger partial charge in [0.1, 0.15) is 0 Å². The molecule has 0 unspecified atom stereocenters. The molecule has 1 amide bonds. The van der Waals surface area contributed by atoms with Gasteiger partial charge in [-0.3, -0.25) is 4.79 Å². The molecule has 0 aromatic heterocycles.